The lowest BCUT2D eigenvalue weighted by atomic mass is 9.84. The highest BCUT2D eigenvalue weighted by molar-refractivity contribution is 5.38. The van der Waals surface area contributed by atoms with Crippen molar-refractivity contribution in [1.29, 1.82) is 0 Å². The van der Waals surface area contributed by atoms with Crippen molar-refractivity contribution in [3.05, 3.63) is 29.6 Å². The highest BCUT2D eigenvalue weighted by atomic mass is 19.1. The molecule has 1 aromatic rings. The Balaban J connectivity index is 2.40. The molecule has 1 unspecified atom stereocenters. The predicted octanol–water partition coefficient (Wildman–Crippen LogP) is 3.35. The van der Waals surface area contributed by atoms with E-state index in [0.29, 0.717) is 18.4 Å². The van der Waals surface area contributed by atoms with Gasteiger partial charge in [0.05, 0.1) is 6.61 Å². The van der Waals surface area contributed by atoms with E-state index in [9.17, 15) is 4.39 Å². The van der Waals surface area contributed by atoms with E-state index >= 15 is 0 Å². The van der Waals surface area contributed by atoms with E-state index in [1.807, 2.05) is 6.07 Å². The zero-order chi connectivity index (χ0) is 10.1. The molecular weight excluding hydrogens is 179 g/mol. The molecular formula is C12H15FO. The lowest BCUT2D eigenvalue weighted by Gasteiger charge is -2.28. The number of halogens is 1. The van der Waals surface area contributed by atoms with Gasteiger partial charge in [-0.05, 0) is 29.9 Å². The topological polar surface area (TPSA) is 9.23 Å². The number of benzene rings is 1. The van der Waals surface area contributed by atoms with Crippen LogP contribution in [0.1, 0.15) is 31.7 Å². The van der Waals surface area contributed by atoms with Crippen LogP contribution in [0.5, 0.6) is 5.75 Å². The summed E-state index contributed by atoms with van der Waals surface area (Å²) < 4.78 is 18.4. The fourth-order valence-electron chi connectivity index (χ4n) is 2.08. The van der Waals surface area contributed by atoms with Crippen molar-refractivity contribution in [2.24, 2.45) is 5.92 Å². The van der Waals surface area contributed by atoms with Crippen LogP contribution in [-0.2, 0) is 0 Å². The van der Waals surface area contributed by atoms with Crippen molar-refractivity contribution in [1.82, 2.24) is 0 Å². The molecule has 0 aliphatic carbocycles. The Kier molecular flexibility index (Phi) is 2.44. The maximum atomic E-state index is 12.9. The highest BCUT2D eigenvalue weighted by Crippen LogP contribution is 2.38. The van der Waals surface area contributed by atoms with Gasteiger partial charge in [-0.25, -0.2) is 4.39 Å². The summed E-state index contributed by atoms with van der Waals surface area (Å²) in [5, 5.41) is 0. The Bertz CT molecular complexity index is 333. The van der Waals surface area contributed by atoms with Gasteiger partial charge in [0, 0.05) is 6.07 Å². The Morgan fingerprint density at radius 3 is 2.93 bits per heavy atom. The van der Waals surface area contributed by atoms with Gasteiger partial charge in [0.15, 0.2) is 0 Å². The minimum atomic E-state index is -0.215. The third-order valence-electron chi connectivity index (χ3n) is 2.87. The summed E-state index contributed by atoms with van der Waals surface area (Å²) in [6, 6.07) is 4.86. The summed E-state index contributed by atoms with van der Waals surface area (Å²) in [5.74, 6) is 1.62. The van der Waals surface area contributed by atoms with Gasteiger partial charge >= 0.3 is 0 Å². The molecule has 0 saturated carbocycles. The molecule has 0 fully saturated rings. The van der Waals surface area contributed by atoms with E-state index in [1.165, 1.54) is 12.1 Å². The lowest BCUT2D eigenvalue weighted by Crippen LogP contribution is -2.18. The van der Waals surface area contributed by atoms with Gasteiger partial charge in [0.1, 0.15) is 11.6 Å². The molecule has 1 aliphatic rings. The van der Waals surface area contributed by atoms with Crippen molar-refractivity contribution < 1.29 is 9.13 Å². The largest absolute Gasteiger partial charge is 0.493 e. The van der Waals surface area contributed by atoms with Crippen LogP contribution < -0.4 is 4.74 Å². The maximum Gasteiger partial charge on any atom is 0.126 e. The molecule has 0 amide bonds. The molecule has 0 aromatic heterocycles. The summed E-state index contributed by atoms with van der Waals surface area (Å²) in [7, 11) is 0. The van der Waals surface area contributed by atoms with E-state index in [1.54, 1.807) is 0 Å². The first-order valence-corrected chi connectivity index (χ1v) is 5.10. The molecule has 1 aliphatic heterocycles. The van der Waals surface area contributed by atoms with Gasteiger partial charge in [0.25, 0.3) is 0 Å². The third kappa shape index (κ3) is 1.61. The van der Waals surface area contributed by atoms with Crippen LogP contribution in [0.3, 0.4) is 0 Å². The van der Waals surface area contributed by atoms with Crippen molar-refractivity contribution in [2.45, 2.75) is 26.2 Å². The van der Waals surface area contributed by atoms with E-state index < -0.39 is 0 Å². The second-order valence-electron chi connectivity index (χ2n) is 4.17. The summed E-state index contributed by atoms with van der Waals surface area (Å²) in [6.07, 6.45) is 1.04. The monoisotopic (exact) mass is 194 g/mol. The first kappa shape index (κ1) is 9.50. The molecule has 1 heterocycles. The number of hydrogen-bond acceptors (Lipinski definition) is 1. The van der Waals surface area contributed by atoms with Crippen LogP contribution in [0, 0.1) is 11.7 Å². The Hall–Kier alpha value is -1.05. The molecule has 76 valence electrons. The van der Waals surface area contributed by atoms with Gasteiger partial charge in [-0.2, -0.15) is 0 Å². The zero-order valence-electron chi connectivity index (χ0n) is 8.59. The smallest absolute Gasteiger partial charge is 0.126 e. The van der Waals surface area contributed by atoms with E-state index in [-0.39, 0.29) is 5.82 Å². The second-order valence-corrected chi connectivity index (χ2v) is 4.17. The van der Waals surface area contributed by atoms with Crippen molar-refractivity contribution in [3.8, 4) is 5.75 Å². The lowest BCUT2D eigenvalue weighted by molar-refractivity contribution is 0.246. The highest BCUT2D eigenvalue weighted by Gasteiger charge is 2.24. The zero-order valence-corrected chi connectivity index (χ0v) is 8.59. The minimum absolute atomic E-state index is 0.215. The molecule has 2 rings (SSSR count). The summed E-state index contributed by atoms with van der Waals surface area (Å²) in [4.78, 5) is 0. The Morgan fingerprint density at radius 1 is 1.43 bits per heavy atom. The van der Waals surface area contributed by atoms with Crippen molar-refractivity contribution >= 4 is 0 Å². The molecule has 0 saturated heterocycles. The van der Waals surface area contributed by atoms with Crippen LogP contribution in [0.15, 0.2) is 18.2 Å². The van der Waals surface area contributed by atoms with Gasteiger partial charge in [-0.3, -0.25) is 0 Å². The predicted molar refractivity (Wildman–Crippen MR) is 54.1 cm³/mol. The fourth-order valence-corrected chi connectivity index (χ4v) is 2.08. The molecule has 1 aromatic carbocycles. The Labute approximate surface area is 83.9 Å². The molecule has 0 spiro atoms. The van der Waals surface area contributed by atoms with E-state index in [4.69, 9.17) is 4.74 Å². The minimum Gasteiger partial charge on any atom is -0.493 e. The summed E-state index contributed by atoms with van der Waals surface area (Å²) in [5.41, 5.74) is 1.16. The summed E-state index contributed by atoms with van der Waals surface area (Å²) >= 11 is 0. The van der Waals surface area contributed by atoms with Crippen LogP contribution in [-0.4, -0.2) is 6.61 Å². The van der Waals surface area contributed by atoms with Crippen LogP contribution >= 0.6 is 0 Å². The number of fused-ring (bicyclic) bond motifs is 1. The molecule has 14 heavy (non-hydrogen) atoms. The number of ether oxygens (including phenoxy) is 1. The van der Waals surface area contributed by atoms with Crippen LogP contribution in [0.2, 0.25) is 0 Å². The van der Waals surface area contributed by atoms with E-state index in [0.717, 1.165) is 17.7 Å². The standard InChI is InChI=1S/C12H15FO/c1-8(2)10-5-6-14-12-7-9(13)3-4-11(10)12/h3-4,7-8,10H,5-6H2,1-2H3. The average Bonchev–Trinajstić information content (AvgIpc) is 2.16. The molecule has 0 bridgehead atoms. The SMILES string of the molecule is CC(C)C1CCOc2cc(F)ccc21. The third-order valence-corrected chi connectivity index (χ3v) is 2.87. The van der Waals surface area contributed by atoms with Crippen molar-refractivity contribution in [3.63, 3.8) is 0 Å². The molecule has 1 nitrogen and oxygen atoms in total. The number of rotatable bonds is 1. The van der Waals surface area contributed by atoms with Crippen LogP contribution in [0.25, 0.3) is 0 Å². The average molecular weight is 194 g/mol. The van der Waals surface area contributed by atoms with E-state index in [2.05, 4.69) is 13.8 Å². The van der Waals surface area contributed by atoms with Crippen molar-refractivity contribution in [2.75, 3.05) is 6.61 Å². The molecule has 2 heteroatoms. The van der Waals surface area contributed by atoms with Crippen LogP contribution in [0.4, 0.5) is 4.39 Å². The fraction of sp³-hybridized carbons (Fsp3) is 0.500. The first-order valence-electron chi connectivity index (χ1n) is 5.10. The van der Waals surface area contributed by atoms with Gasteiger partial charge in [0.2, 0.25) is 0 Å². The van der Waals surface area contributed by atoms with Gasteiger partial charge in [-0.1, -0.05) is 19.9 Å². The van der Waals surface area contributed by atoms with Gasteiger partial charge < -0.3 is 4.74 Å². The van der Waals surface area contributed by atoms with Gasteiger partial charge in [-0.15, -0.1) is 0 Å². The molecule has 1 atom stereocenters. The maximum absolute atomic E-state index is 12.9. The second kappa shape index (κ2) is 3.60. The Morgan fingerprint density at radius 2 is 2.21 bits per heavy atom. The number of hydrogen-bond donors (Lipinski definition) is 0. The molecule has 0 N–H and O–H groups in total. The normalized spacial score (nSPS) is 20.4. The molecule has 0 radical (unpaired) electrons. The first-order chi connectivity index (χ1) is 6.68. The summed E-state index contributed by atoms with van der Waals surface area (Å²) in [6.45, 7) is 5.10. The quantitative estimate of drug-likeness (QED) is 0.666.